The molecule has 0 unspecified atom stereocenters. The van der Waals surface area contributed by atoms with E-state index in [4.69, 9.17) is 9.15 Å². The van der Waals surface area contributed by atoms with Gasteiger partial charge in [0.15, 0.2) is 11.6 Å². The normalized spacial score (nSPS) is 17.5. The van der Waals surface area contributed by atoms with Crippen LogP contribution in [0.4, 0.5) is 11.4 Å². The Hall–Kier alpha value is -3.61. The van der Waals surface area contributed by atoms with Gasteiger partial charge >= 0.3 is 5.97 Å². The van der Waals surface area contributed by atoms with Gasteiger partial charge in [0.05, 0.1) is 6.04 Å². The molecule has 0 saturated heterocycles. The maximum atomic E-state index is 12.5. The second-order valence-electron chi connectivity index (χ2n) is 7.86. The van der Waals surface area contributed by atoms with E-state index in [0.717, 1.165) is 23.4 Å². The number of benzene rings is 2. The van der Waals surface area contributed by atoms with Crippen molar-refractivity contribution in [1.29, 1.82) is 0 Å². The Kier molecular flexibility index (Phi) is 6.25. The number of carbonyl (C=O) groups is 2. The highest BCUT2D eigenvalue weighted by atomic mass is 16.5. The highest BCUT2D eigenvalue weighted by molar-refractivity contribution is 5.95. The van der Waals surface area contributed by atoms with Gasteiger partial charge in [0.25, 0.3) is 0 Å². The van der Waals surface area contributed by atoms with E-state index < -0.39 is 5.97 Å². The molecule has 0 aliphatic carbocycles. The van der Waals surface area contributed by atoms with Gasteiger partial charge < -0.3 is 19.4 Å². The van der Waals surface area contributed by atoms with E-state index in [1.807, 2.05) is 49.1 Å². The Balaban J connectivity index is 1.53. The van der Waals surface area contributed by atoms with Crippen LogP contribution >= 0.6 is 0 Å². The van der Waals surface area contributed by atoms with E-state index in [9.17, 15) is 9.59 Å². The maximum absolute atomic E-state index is 12.5. The van der Waals surface area contributed by atoms with Crippen LogP contribution in [-0.2, 0) is 11.2 Å². The van der Waals surface area contributed by atoms with Crippen LogP contribution < -0.4 is 15.0 Å². The second-order valence-corrected chi connectivity index (χ2v) is 7.86. The largest absolute Gasteiger partial charge is 0.448 e. The van der Waals surface area contributed by atoms with Crippen molar-refractivity contribution in [3.05, 3.63) is 71.9 Å². The van der Waals surface area contributed by atoms with Crippen LogP contribution in [0.1, 0.15) is 61.6 Å². The van der Waals surface area contributed by atoms with E-state index in [-0.39, 0.29) is 23.7 Å². The third kappa shape index (κ3) is 4.37. The monoisotopic (exact) mass is 433 g/mol. The van der Waals surface area contributed by atoms with Crippen molar-refractivity contribution in [1.82, 2.24) is 4.98 Å². The fourth-order valence-electron chi connectivity index (χ4n) is 4.08. The number of hydrogen-bond acceptors (Lipinski definition) is 6. The molecule has 0 bridgehead atoms. The zero-order chi connectivity index (χ0) is 22.7. The molecule has 0 fully saturated rings. The number of ether oxygens (including phenoxy) is 1. The fraction of sp³-hybridized carbons (Fsp3) is 0.320. The zero-order valence-corrected chi connectivity index (χ0v) is 18.5. The first-order valence-electron chi connectivity index (χ1n) is 10.9. The molecule has 4 rings (SSSR count). The van der Waals surface area contributed by atoms with Crippen LogP contribution in [0.2, 0.25) is 0 Å². The number of para-hydroxylation sites is 1. The molecule has 1 amide bonds. The Labute approximate surface area is 187 Å². The predicted octanol–water partition coefficient (Wildman–Crippen LogP) is 5.14. The number of rotatable bonds is 6. The molecule has 3 aromatic rings. The van der Waals surface area contributed by atoms with Crippen molar-refractivity contribution in [2.75, 3.05) is 10.2 Å². The Morgan fingerprint density at radius 2 is 2.00 bits per heavy atom. The molecule has 1 aliphatic heterocycles. The van der Waals surface area contributed by atoms with Gasteiger partial charge in [-0.25, -0.2) is 9.78 Å². The summed E-state index contributed by atoms with van der Waals surface area (Å²) in [6.07, 6.45) is 3.16. The van der Waals surface area contributed by atoms with Crippen LogP contribution in [0.15, 0.2) is 59.2 Å². The number of amides is 1. The van der Waals surface area contributed by atoms with Crippen LogP contribution in [0.3, 0.4) is 0 Å². The van der Waals surface area contributed by atoms with Crippen LogP contribution in [-0.4, -0.2) is 22.9 Å². The number of anilines is 2. The molecule has 0 radical (unpaired) electrons. The lowest BCUT2D eigenvalue weighted by molar-refractivity contribution is -0.118. The average molecular weight is 434 g/mol. The van der Waals surface area contributed by atoms with E-state index in [0.29, 0.717) is 24.5 Å². The molecule has 0 saturated carbocycles. The molecular formula is C25H27N3O4. The molecule has 166 valence electrons. The van der Waals surface area contributed by atoms with Gasteiger partial charge in [-0.05, 0) is 37.1 Å². The molecular weight excluding hydrogens is 406 g/mol. The van der Waals surface area contributed by atoms with Crippen molar-refractivity contribution < 1.29 is 18.7 Å². The maximum Gasteiger partial charge on any atom is 0.365 e. The summed E-state index contributed by atoms with van der Waals surface area (Å²) in [6, 6.07) is 15.3. The summed E-state index contributed by atoms with van der Waals surface area (Å²) in [5, 5.41) is 3.55. The summed E-state index contributed by atoms with van der Waals surface area (Å²) in [5.74, 6) is 0.473. The number of esters is 1. The first-order valence-corrected chi connectivity index (χ1v) is 10.9. The van der Waals surface area contributed by atoms with Gasteiger partial charge in [0.2, 0.25) is 5.91 Å². The van der Waals surface area contributed by atoms with Gasteiger partial charge in [0, 0.05) is 36.3 Å². The standard InChI is InChI=1S/C25H27N3O4/c1-4-23-27-21(15-31-23)25(30)32-18-10-8-9-17(14-18)26-20-13-16(3)28(24(29)5-2)22-12-7-6-11-19(20)22/h6-12,14-16,20,26H,4-5,13H2,1-3H3/t16-,20+/m0/s1. The summed E-state index contributed by atoms with van der Waals surface area (Å²) in [5.41, 5.74) is 2.99. The topological polar surface area (TPSA) is 84.7 Å². The van der Waals surface area contributed by atoms with E-state index in [2.05, 4.69) is 23.3 Å². The number of hydrogen-bond donors (Lipinski definition) is 1. The summed E-state index contributed by atoms with van der Waals surface area (Å²) < 4.78 is 10.7. The molecule has 7 heteroatoms. The minimum atomic E-state index is -0.559. The van der Waals surface area contributed by atoms with Gasteiger partial charge in [-0.1, -0.05) is 38.1 Å². The molecule has 7 nitrogen and oxygen atoms in total. The lowest BCUT2D eigenvalue weighted by atomic mass is 9.91. The number of aromatic nitrogens is 1. The molecule has 32 heavy (non-hydrogen) atoms. The molecule has 0 spiro atoms. The third-order valence-corrected chi connectivity index (χ3v) is 5.61. The van der Waals surface area contributed by atoms with Gasteiger partial charge in [-0.15, -0.1) is 0 Å². The Morgan fingerprint density at radius 1 is 1.19 bits per heavy atom. The van der Waals surface area contributed by atoms with Crippen molar-refractivity contribution in [2.45, 2.75) is 52.1 Å². The lowest BCUT2D eigenvalue weighted by Crippen LogP contribution is -2.44. The quantitative estimate of drug-likeness (QED) is 0.428. The van der Waals surface area contributed by atoms with Crippen molar-refractivity contribution in [3.8, 4) is 5.75 Å². The number of nitrogens with one attached hydrogen (secondary N) is 1. The first-order chi connectivity index (χ1) is 15.5. The van der Waals surface area contributed by atoms with Gasteiger partial charge in [0.1, 0.15) is 12.0 Å². The van der Waals surface area contributed by atoms with E-state index in [1.54, 1.807) is 12.1 Å². The number of aryl methyl sites for hydroxylation is 1. The average Bonchev–Trinajstić information content (AvgIpc) is 3.29. The number of fused-ring (bicyclic) bond motifs is 1. The summed E-state index contributed by atoms with van der Waals surface area (Å²) >= 11 is 0. The van der Waals surface area contributed by atoms with Crippen LogP contribution in [0, 0.1) is 0 Å². The number of carbonyl (C=O) groups excluding carboxylic acids is 2. The van der Waals surface area contributed by atoms with Crippen LogP contribution in [0.25, 0.3) is 0 Å². The molecule has 2 atom stereocenters. The summed E-state index contributed by atoms with van der Waals surface area (Å²) in [4.78, 5) is 30.9. The van der Waals surface area contributed by atoms with E-state index >= 15 is 0 Å². The summed E-state index contributed by atoms with van der Waals surface area (Å²) in [7, 11) is 0. The molecule has 1 aliphatic rings. The highest BCUT2D eigenvalue weighted by Crippen LogP contribution is 2.39. The fourth-order valence-corrected chi connectivity index (χ4v) is 4.08. The summed E-state index contributed by atoms with van der Waals surface area (Å²) in [6.45, 7) is 5.85. The van der Waals surface area contributed by atoms with Crippen molar-refractivity contribution >= 4 is 23.3 Å². The Bertz CT molecular complexity index is 1120. The smallest absolute Gasteiger partial charge is 0.365 e. The molecule has 2 aromatic carbocycles. The highest BCUT2D eigenvalue weighted by Gasteiger charge is 2.32. The zero-order valence-electron chi connectivity index (χ0n) is 18.5. The molecule has 2 heterocycles. The second kappa shape index (κ2) is 9.26. The number of nitrogens with zero attached hydrogens (tertiary/aromatic N) is 2. The SMILES string of the molecule is CCC(=O)N1c2ccccc2[C@H](Nc2cccc(OC(=O)c3coc(CC)n3)c2)C[C@@H]1C. The lowest BCUT2D eigenvalue weighted by Gasteiger charge is -2.40. The minimum Gasteiger partial charge on any atom is -0.448 e. The first kappa shape index (κ1) is 21.6. The number of oxazole rings is 1. The molecule has 1 aromatic heterocycles. The van der Waals surface area contributed by atoms with Crippen molar-refractivity contribution in [2.24, 2.45) is 0 Å². The minimum absolute atomic E-state index is 0.0238. The van der Waals surface area contributed by atoms with E-state index in [1.165, 1.54) is 6.26 Å². The predicted molar refractivity (Wildman–Crippen MR) is 122 cm³/mol. The van der Waals surface area contributed by atoms with Gasteiger partial charge in [-0.3, -0.25) is 4.79 Å². The van der Waals surface area contributed by atoms with Crippen molar-refractivity contribution in [3.63, 3.8) is 0 Å². The van der Waals surface area contributed by atoms with Crippen LogP contribution in [0.5, 0.6) is 5.75 Å². The molecule has 1 N–H and O–H groups in total. The van der Waals surface area contributed by atoms with Gasteiger partial charge in [-0.2, -0.15) is 0 Å². The Morgan fingerprint density at radius 3 is 2.75 bits per heavy atom. The third-order valence-electron chi connectivity index (χ3n) is 5.61.